The molecule has 0 aliphatic carbocycles. The fourth-order valence-corrected chi connectivity index (χ4v) is 0.878. The van der Waals surface area contributed by atoms with Crippen LogP contribution in [0.25, 0.3) is 10.4 Å². The van der Waals surface area contributed by atoms with E-state index in [2.05, 4.69) is 26.9 Å². The lowest BCUT2D eigenvalue weighted by molar-refractivity contribution is 0.0690. The van der Waals surface area contributed by atoms with Crippen molar-refractivity contribution in [3.8, 4) is 11.8 Å². The molecule has 0 atom stereocenters. The van der Waals surface area contributed by atoms with Crippen LogP contribution in [0.4, 0.5) is 0 Å². The maximum Gasteiger partial charge on any atom is 0.355 e. The highest BCUT2D eigenvalue weighted by Gasteiger charge is 2.07. The Bertz CT molecular complexity index is 480. The second-order valence-corrected chi connectivity index (χ2v) is 2.40. The van der Waals surface area contributed by atoms with Gasteiger partial charge in [-0.3, -0.25) is 0 Å². The second kappa shape index (κ2) is 5.27. The van der Waals surface area contributed by atoms with Crippen LogP contribution in [0.3, 0.4) is 0 Å². The molecule has 0 unspecified atom stereocenters. The number of aromatic nitrogens is 1. The molecule has 1 aromatic heterocycles. The van der Waals surface area contributed by atoms with E-state index in [1.54, 1.807) is 12.1 Å². The molecular weight excluding hydrogens is 196 g/mol. The van der Waals surface area contributed by atoms with Gasteiger partial charge in [0.15, 0.2) is 5.69 Å². The predicted octanol–water partition coefficient (Wildman–Crippen LogP) is 1.44. The summed E-state index contributed by atoms with van der Waals surface area (Å²) < 4.78 is 0. The van der Waals surface area contributed by atoms with Crippen LogP contribution in [0.2, 0.25) is 0 Å². The van der Waals surface area contributed by atoms with Gasteiger partial charge in [-0.1, -0.05) is 17.0 Å². The van der Waals surface area contributed by atoms with Crippen LogP contribution >= 0.6 is 0 Å². The summed E-state index contributed by atoms with van der Waals surface area (Å²) in [5.41, 5.74) is 8.19. The molecule has 0 saturated carbocycles. The van der Waals surface area contributed by atoms with Gasteiger partial charge in [-0.2, -0.15) is 0 Å². The number of azide groups is 1. The molecule has 0 aromatic carbocycles. The molecule has 0 spiro atoms. The summed E-state index contributed by atoms with van der Waals surface area (Å²) in [7, 11) is 0. The van der Waals surface area contributed by atoms with Gasteiger partial charge in [-0.05, 0) is 17.7 Å². The van der Waals surface area contributed by atoms with Crippen molar-refractivity contribution in [1.29, 1.82) is 0 Å². The molecule has 0 aliphatic rings. The molecule has 0 fully saturated rings. The van der Waals surface area contributed by atoms with Gasteiger partial charge in [0.1, 0.15) is 0 Å². The number of nitrogens with zero attached hydrogens (tertiary/aromatic N) is 4. The Kier molecular flexibility index (Phi) is 3.71. The molecule has 1 N–H and O–H groups in total. The number of carboxylic acid groups (broad SMARTS) is 1. The summed E-state index contributed by atoms with van der Waals surface area (Å²) in [6, 6.07) is 3.13. The Labute approximate surface area is 85.2 Å². The highest BCUT2D eigenvalue weighted by atomic mass is 16.4. The predicted molar refractivity (Wildman–Crippen MR) is 52.1 cm³/mol. The minimum atomic E-state index is -1.14. The zero-order valence-electron chi connectivity index (χ0n) is 7.58. The molecule has 74 valence electrons. The summed E-state index contributed by atoms with van der Waals surface area (Å²) in [5.74, 6) is 3.96. The number of carboxylic acids is 1. The van der Waals surface area contributed by atoms with Crippen molar-refractivity contribution in [3.05, 3.63) is 40.0 Å². The molecule has 0 bridgehead atoms. The van der Waals surface area contributed by atoms with E-state index in [4.69, 9.17) is 10.6 Å². The summed E-state index contributed by atoms with van der Waals surface area (Å²) in [4.78, 5) is 16.9. The molecule has 1 aromatic rings. The van der Waals surface area contributed by atoms with Gasteiger partial charge in [0, 0.05) is 11.1 Å². The standard InChI is InChI=1S/C9H6N4O2/c10-13-12-6-2-4-7-3-1-5-11-8(7)9(14)15/h1,3,5H,6H2,(H,14,15). The third kappa shape index (κ3) is 3.03. The average Bonchev–Trinajstić information content (AvgIpc) is 2.25. The topological polar surface area (TPSA) is 99.0 Å². The lowest BCUT2D eigenvalue weighted by Gasteiger charge is -1.95. The smallest absolute Gasteiger partial charge is 0.355 e. The fourth-order valence-electron chi connectivity index (χ4n) is 0.878. The number of hydrogen-bond acceptors (Lipinski definition) is 3. The molecule has 0 aliphatic heterocycles. The first-order chi connectivity index (χ1) is 7.25. The van der Waals surface area contributed by atoms with E-state index in [1.807, 2.05) is 0 Å². The van der Waals surface area contributed by atoms with Gasteiger partial charge in [0.2, 0.25) is 0 Å². The lowest BCUT2D eigenvalue weighted by Crippen LogP contribution is -2.02. The fraction of sp³-hybridized carbons (Fsp3) is 0.111. The van der Waals surface area contributed by atoms with E-state index in [9.17, 15) is 4.79 Å². The molecule has 6 heteroatoms. The van der Waals surface area contributed by atoms with Crippen LogP contribution in [-0.2, 0) is 0 Å². The zero-order valence-corrected chi connectivity index (χ0v) is 7.58. The van der Waals surface area contributed by atoms with Gasteiger partial charge in [-0.25, -0.2) is 9.78 Å². The summed E-state index contributed by atoms with van der Waals surface area (Å²) in [6.45, 7) is 0.00442. The number of carbonyl (C=O) groups is 1. The van der Waals surface area contributed by atoms with Crippen LogP contribution in [0.15, 0.2) is 23.4 Å². The van der Waals surface area contributed by atoms with Crippen LogP contribution in [0, 0.1) is 11.8 Å². The van der Waals surface area contributed by atoms with E-state index in [1.165, 1.54) is 6.20 Å². The highest BCUT2D eigenvalue weighted by Crippen LogP contribution is 2.02. The third-order valence-corrected chi connectivity index (χ3v) is 1.45. The second-order valence-electron chi connectivity index (χ2n) is 2.40. The van der Waals surface area contributed by atoms with Gasteiger partial charge in [0.05, 0.1) is 12.1 Å². The largest absolute Gasteiger partial charge is 0.476 e. The minimum absolute atomic E-state index is 0.00442. The van der Waals surface area contributed by atoms with Gasteiger partial charge in [-0.15, -0.1) is 0 Å². The van der Waals surface area contributed by atoms with Gasteiger partial charge < -0.3 is 5.11 Å². The van der Waals surface area contributed by atoms with Crippen molar-refractivity contribution in [2.45, 2.75) is 0 Å². The summed E-state index contributed by atoms with van der Waals surface area (Å²) in [5, 5.41) is 12.0. The van der Waals surface area contributed by atoms with Crippen LogP contribution < -0.4 is 0 Å². The van der Waals surface area contributed by atoms with Crippen LogP contribution in [-0.4, -0.2) is 22.6 Å². The SMILES string of the molecule is [N-]=[N+]=NCC#Cc1cccnc1C(=O)O. The molecule has 6 nitrogen and oxygen atoms in total. The minimum Gasteiger partial charge on any atom is -0.476 e. The Morgan fingerprint density at radius 3 is 3.20 bits per heavy atom. The monoisotopic (exact) mass is 202 g/mol. The molecule has 1 rings (SSSR count). The molecule has 1 heterocycles. The molecule has 0 saturated heterocycles. The Morgan fingerprint density at radius 1 is 1.73 bits per heavy atom. The first kappa shape index (κ1) is 10.6. The van der Waals surface area contributed by atoms with Gasteiger partial charge in [0.25, 0.3) is 0 Å². The first-order valence-electron chi connectivity index (χ1n) is 3.93. The molecule has 15 heavy (non-hydrogen) atoms. The summed E-state index contributed by atoms with van der Waals surface area (Å²) >= 11 is 0. The van der Waals surface area contributed by atoms with Crippen molar-refractivity contribution in [2.75, 3.05) is 6.54 Å². The highest BCUT2D eigenvalue weighted by molar-refractivity contribution is 5.88. The van der Waals surface area contributed by atoms with Crippen molar-refractivity contribution in [1.82, 2.24) is 4.98 Å². The van der Waals surface area contributed by atoms with E-state index in [-0.39, 0.29) is 12.2 Å². The quantitative estimate of drug-likeness (QED) is 0.340. The zero-order chi connectivity index (χ0) is 11.1. The maximum absolute atomic E-state index is 10.7. The summed E-state index contributed by atoms with van der Waals surface area (Å²) in [6.07, 6.45) is 1.38. The van der Waals surface area contributed by atoms with E-state index in [0.29, 0.717) is 5.56 Å². The molecule has 0 amide bonds. The van der Waals surface area contributed by atoms with Crippen molar-refractivity contribution in [3.63, 3.8) is 0 Å². The number of pyridine rings is 1. The first-order valence-corrected chi connectivity index (χ1v) is 3.93. The van der Waals surface area contributed by atoms with Crippen molar-refractivity contribution < 1.29 is 9.90 Å². The van der Waals surface area contributed by atoms with E-state index < -0.39 is 5.97 Å². The number of rotatable bonds is 2. The van der Waals surface area contributed by atoms with E-state index >= 15 is 0 Å². The Morgan fingerprint density at radius 2 is 2.53 bits per heavy atom. The maximum atomic E-state index is 10.7. The van der Waals surface area contributed by atoms with Gasteiger partial charge >= 0.3 is 5.97 Å². The van der Waals surface area contributed by atoms with E-state index in [0.717, 1.165) is 0 Å². The van der Waals surface area contributed by atoms with Crippen molar-refractivity contribution in [2.24, 2.45) is 5.11 Å². The van der Waals surface area contributed by atoms with Crippen molar-refractivity contribution >= 4 is 5.97 Å². The lowest BCUT2D eigenvalue weighted by atomic mass is 10.2. The Hall–Kier alpha value is -2.51. The van der Waals surface area contributed by atoms with Crippen LogP contribution in [0.1, 0.15) is 16.1 Å². The Balaban J connectivity index is 2.96. The van der Waals surface area contributed by atoms with Crippen LogP contribution in [0.5, 0.6) is 0 Å². The molecule has 0 radical (unpaired) electrons. The molecular formula is C9H6N4O2. The normalized spacial score (nSPS) is 8.27. The average molecular weight is 202 g/mol. The number of hydrogen-bond donors (Lipinski definition) is 1. The number of aromatic carboxylic acids is 1. The third-order valence-electron chi connectivity index (χ3n) is 1.45.